The number of primary amides is 1. The molecule has 0 aromatic heterocycles. The van der Waals surface area contributed by atoms with Crippen LogP contribution in [0.4, 0.5) is 5.69 Å². The Labute approximate surface area is 145 Å². The molecule has 0 aliphatic heterocycles. The highest BCUT2D eigenvalue weighted by molar-refractivity contribution is 7.87. The van der Waals surface area contributed by atoms with E-state index in [4.69, 9.17) is 9.92 Å². The van der Waals surface area contributed by atoms with Crippen molar-refractivity contribution in [1.29, 1.82) is 0 Å². The lowest BCUT2D eigenvalue weighted by atomic mass is 10.1. The summed E-state index contributed by atoms with van der Waals surface area (Å²) < 4.78 is 29.9. The normalized spacial score (nSPS) is 11.0. The van der Waals surface area contributed by atoms with Crippen LogP contribution in [0.3, 0.4) is 0 Å². The molecule has 25 heavy (non-hydrogen) atoms. The smallest absolute Gasteiger partial charge is 0.339 e. The molecule has 0 radical (unpaired) electrons. The minimum Gasteiger partial charge on any atom is -0.378 e. The maximum atomic E-state index is 12.4. The molecule has 0 atom stereocenters. The van der Waals surface area contributed by atoms with Gasteiger partial charge in [0.25, 0.3) is 5.91 Å². The number of anilines is 1. The van der Waals surface area contributed by atoms with Crippen molar-refractivity contribution in [3.8, 4) is 5.75 Å². The van der Waals surface area contributed by atoms with Gasteiger partial charge in [-0.15, -0.1) is 0 Å². The van der Waals surface area contributed by atoms with E-state index in [9.17, 15) is 18.0 Å². The van der Waals surface area contributed by atoms with Gasteiger partial charge in [0.2, 0.25) is 5.91 Å². The first-order chi connectivity index (χ1) is 11.7. The van der Waals surface area contributed by atoms with Gasteiger partial charge in [-0.25, -0.2) is 0 Å². The third kappa shape index (κ3) is 4.57. The maximum Gasteiger partial charge on any atom is 0.339 e. The number of benzene rings is 2. The third-order valence-corrected chi connectivity index (χ3v) is 4.60. The summed E-state index contributed by atoms with van der Waals surface area (Å²) in [5, 5.41) is 2.62. The quantitative estimate of drug-likeness (QED) is 0.764. The molecule has 132 valence electrons. The minimum atomic E-state index is -4.16. The van der Waals surface area contributed by atoms with Gasteiger partial charge >= 0.3 is 10.1 Å². The second-order valence-corrected chi connectivity index (χ2v) is 6.87. The van der Waals surface area contributed by atoms with E-state index in [-0.39, 0.29) is 22.1 Å². The summed E-state index contributed by atoms with van der Waals surface area (Å²) in [6, 6.07) is 9.98. The summed E-state index contributed by atoms with van der Waals surface area (Å²) in [7, 11) is -4.16. The molecule has 0 aliphatic rings. The molecule has 0 heterocycles. The van der Waals surface area contributed by atoms with Crippen LogP contribution in [0.1, 0.15) is 29.3 Å². The molecule has 0 spiro atoms. The molecule has 3 N–H and O–H groups in total. The number of hydrogen-bond donors (Lipinski definition) is 2. The zero-order chi connectivity index (χ0) is 18.6. The Kier molecular flexibility index (Phi) is 5.43. The third-order valence-electron chi connectivity index (χ3n) is 3.35. The average Bonchev–Trinajstić information content (AvgIpc) is 2.54. The molecule has 0 unspecified atom stereocenters. The van der Waals surface area contributed by atoms with Gasteiger partial charge in [0, 0.05) is 12.1 Å². The van der Waals surface area contributed by atoms with Crippen LogP contribution in [0.15, 0.2) is 47.4 Å². The highest BCUT2D eigenvalue weighted by atomic mass is 32.2. The van der Waals surface area contributed by atoms with Crippen LogP contribution in [-0.2, 0) is 14.9 Å². The largest absolute Gasteiger partial charge is 0.378 e. The number of rotatable bonds is 6. The standard InChI is InChI=1S/C17H18N2O5S/c1-3-16(20)19-12-5-7-13(8-6-12)25(22,23)24-15-10-11(2)4-9-14(15)17(18)21/h4-10H,3H2,1-2H3,(H2,18,21)(H,19,20). The number of nitrogens with one attached hydrogen (secondary N) is 1. The van der Waals surface area contributed by atoms with Crippen molar-refractivity contribution in [2.45, 2.75) is 25.2 Å². The number of nitrogens with two attached hydrogens (primary N) is 1. The van der Waals surface area contributed by atoms with Crippen molar-refractivity contribution in [2.75, 3.05) is 5.32 Å². The number of aryl methyl sites for hydroxylation is 1. The van der Waals surface area contributed by atoms with E-state index in [0.717, 1.165) is 0 Å². The number of amides is 2. The molecular formula is C17H18N2O5S. The predicted octanol–water partition coefficient (Wildman–Crippen LogP) is 2.21. The number of hydrogen-bond acceptors (Lipinski definition) is 5. The van der Waals surface area contributed by atoms with Crippen molar-refractivity contribution in [2.24, 2.45) is 5.73 Å². The molecule has 0 aliphatic carbocycles. The first-order valence-electron chi connectivity index (χ1n) is 7.48. The van der Waals surface area contributed by atoms with Crippen LogP contribution < -0.4 is 15.2 Å². The van der Waals surface area contributed by atoms with Crippen LogP contribution in [0.25, 0.3) is 0 Å². The fraction of sp³-hybridized carbons (Fsp3) is 0.176. The van der Waals surface area contributed by atoms with Crippen LogP contribution in [0, 0.1) is 6.92 Å². The van der Waals surface area contributed by atoms with Crippen molar-refractivity contribution in [1.82, 2.24) is 0 Å². The van der Waals surface area contributed by atoms with Gasteiger partial charge in [0.05, 0.1) is 5.56 Å². The van der Waals surface area contributed by atoms with E-state index in [0.29, 0.717) is 17.7 Å². The van der Waals surface area contributed by atoms with E-state index < -0.39 is 16.0 Å². The molecule has 7 nitrogen and oxygen atoms in total. The van der Waals surface area contributed by atoms with E-state index in [1.165, 1.54) is 36.4 Å². The van der Waals surface area contributed by atoms with Crippen molar-refractivity contribution in [3.05, 3.63) is 53.6 Å². The summed E-state index contributed by atoms with van der Waals surface area (Å²) in [5.41, 5.74) is 6.41. The Hall–Kier alpha value is -2.87. The van der Waals surface area contributed by atoms with E-state index in [1.54, 1.807) is 19.9 Å². The minimum absolute atomic E-state index is 0.0268. The summed E-state index contributed by atoms with van der Waals surface area (Å²) in [6.07, 6.45) is 0.312. The second kappa shape index (κ2) is 7.35. The molecule has 0 bridgehead atoms. The molecule has 0 saturated carbocycles. The molecule has 2 aromatic carbocycles. The van der Waals surface area contributed by atoms with Gasteiger partial charge in [0.15, 0.2) is 5.75 Å². The molecule has 2 aromatic rings. The maximum absolute atomic E-state index is 12.4. The van der Waals surface area contributed by atoms with Crippen molar-refractivity contribution >= 4 is 27.6 Å². The molecule has 0 fully saturated rings. The van der Waals surface area contributed by atoms with Crippen LogP contribution >= 0.6 is 0 Å². The van der Waals surface area contributed by atoms with Gasteiger partial charge < -0.3 is 15.2 Å². The predicted molar refractivity (Wildman–Crippen MR) is 92.9 cm³/mol. The lowest BCUT2D eigenvalue weighted by molar-refractivity contribution is -0.115. The molecular weight excluding hydrogens is 344 g/mol. The highest BCUT2D eigenvalue weighted by Gasteiger charge is 2.20. The van der Waals surface area contributed by atoms with Gasteiger partial charge in [0.1, 0.15) is 4.90 Å². The van der Waals surface area contributed by atoms with Crippen LogP contribution in [0.5, 0.6) is 5.75 Å². The molecule has 2 amide bonds. The number of carbonyl (C=O) groups excluding carboxylic acids is 2. The number of carbonyl (C=O) groups is 2. The van der Waals surface area contributed by atoms with Crippen molar-refractivity contribution in [3.63, 3.8) is 0 Å². The summed E-state index contributed by atoms with van der Waals surface area (Å²) >= 11 is 0. The first-order valence-corrected chi connectivity index (χ1v) is 8.88. The Morgan fingerprint density at radius 3 is 2.32 bits per heavy atom. The highest BCUT2D eigenvalue weighted by Crippen LogP contribution is 2.25. The lowest BCUT2D eigenvalue weighted by Gasteiger charge is -2.11. The van der Waals surface area contributed by atoms with E-state index in [2.05, 4.69) is 5.32 Å². The molecule has 8 heteroatoms. The fourth-order valence-electron chi connectivity index (χ4n) is 2.02. The summed E-state index contributed by atoms with van der Waals surface area (Å²) in [5.74, 6) is -1.10. The van der Waals surface area contributed by atoms with Gasteiger partial charge in [-0.05, 0) is 48.9 Å². The fourth-order valence-corrected chi connectivity index (χ4v) is 2.96. The van der Waals surface area contributed by atoms with Gasteiger partial charge in [-0.1, -0.05) is 13.0 Å². The van der Waals surface area contributed by atoms with E-state index >= 15 is 0 Å². The molecule has 2 rings (SSSR count). The Balaban J connectivity index is 2.29. The van der Waals surface area contributed by atoms with Crippen LogP contribution in [0.2, 0.25) is 0 Å². The zero-order valence-corrected chi connectivity index (χ0v) is 14.6. The monoisotopic (exact) mass is 362 g/mol. The van der Waals surface area contributed by atoms with Gasteiger partial charge in [-0.3, -0.25) is 9.59 Å². The van der Waals surface area contributed by atoms with Crippen molar-refractivity contribution < 1.29 is 22.2 Å². The molecule has 0 saturated heterocycles. The van der Waals surface area contributed by atoms with E-state index in [1.807, 2.05) is 0 Å². The first kappa shape index (κ1) is 18.5. The van der Waals surface area contributed by atoms with Crippen LogP contribution in [-0.4, -0.2) is 20.2 Å². The second-order valence-electron chi connectivity index (χ2n) is 5.33. The zero-order valence-electron chi connectivity index (χ0n) is 13.8. The average molecular weight is 362 g/mol. The topological polar surface area (TPSA) is 116 Å². The summed E-state index contributed by atoms with van der Waals surface area (Å²) in [4.78, 5) is 22.7. The SMILES string of the molecule is CCC(=O)Nc1ccc(S(=O)(=O)Oc2cc(C)ccc2C(N)=O)cc1. The Morgan fingerprint density at radius 1 is 1.12 bits per heavy atom. The lowest BCUT2D eigenvalue weighted by Crippen LogP contribution is -2.16. The summed E-state index contributed by atoms with van der Waals surface area (Å²) in [6.45, 7) is 3.44. The Bertz CT molecular complexity index is 905. The van der Waals surface area contributed by atoms with Gasteiger partial charge in [-0.2, -0.15) is 8.42 Å². The Morgan fingerprint density at radius 2 is 1.76 bits per heavy atom.